The van der Waals surface area contributed by atoms with Gasteiger partial charge in [-0.05, 0) is 24.6 Å². The number of hydrogen-bond donors (Lipinski definition) is 2. The third kappa shape index (κ3) is 3.55. The molecule has 4 aromatic rings. The van der Waals surface area contributed by atoms with Crippen LogP contribution in [0, 0.1) is 6.92 Å². The number of benzene rings is 1. The maximum atomic E-state index is 11.1. The van der Waals surface area contributed by atoms with Gasteiger partial charge in [-0.3, -0.25) is 0 Å². The molecule has 3 N–H and O–H groups in total. The van der Waals surface area contributed by atoms with Crippen LogP contribution in [-0.4, -0.2) is 55.1 Å². The number of fused-ring (bicyclic) bond motifs is 1. The molecule has 3 heterocycles. The number of aromatic nitrogens is 6. The molecular formula is C19H21N7O4. The Morgan fingerprint density at radius 3 is 2.73 bits per heavy atom. The molecule has 0 radical (unpaired) electrons. The molecule has 0 fully saturated rings. The van der Waals surface area contributed by atoms with Gasteiger partial charge in [0.25, 0.3) is 0 Å². The summed E-state index contributed by atoms with van der Waals surface area (Å²) < 4.78 is 17.6. The lowest BCUT2D eigenvalue weighted by Crippen LogP contribution is -2.24. The van der Waals surface area contributed by atoms with E-state index in [1.807, 2.05) is 0 Å². The molecule has 0 unspecified atom stereocenters. The fourth-order valence-corrected chi connectivity index (χ4v) is 3.00. The largest absolute Gasteiger partial charge is 0.462 e. The molecule has 1 atom stereocenters. The van der Waals surface area contributed by atoms with Gasteiger partial charge in [-0.15, -0.1) is 0 Å². The average Bonchev–Trinajstić information content (AvgIpc) is 3.31. The van der Waals surface area contributed by atoms with Crippen LogP contribution >= 0.6 is 0 Å². The third-order valence-electron chi connectivity index (χ3n) is 4.56. The summed E-state index contributed by atoms with van der Waals surface area (Å²) in [4.78, 5) is 16.9. The predicted molar refractivity (Wildman–Crippen MR) is 106 cm³/mol. The van der Waals surface area contributed by atoms with Crippen molar-refractivity contribution in [1.29, 1.82) is 0 Å². The number of nitrogens with zero attached hydrogens (tertiary/aromatic N) is 6. The molecule has 0 aliphatic carbocycles. The Hall–Kier alpha value is -3.57. The molecule has 0 aliphatic rings. The van der Waals surface area contributed by atoms with Crippen LogP contribution < -0.4 is 10.5 Å². The van der Waals surface area contributed by atoms with E-state index in [0.717, 1.165) is 0 Å². The van der Waals surface area contributed by atoms with E-state index in [1.54, 1.807) is 56.0 Å². The lowest BCUT2D eigenvalue weighted by molar-refractivity contribution is 0.0893. The molecule has 3 aromatic heterocycles. The Bertz CT molecular complexity index is 1180. The van der Waals surface area contributed by atoms with E-state index in [4.69, 9.17) is 19.7 Å². The van der Waals surface area contributed by atoms with Gasteiger partial charge in [0.1, 0.15) is 18.0 Å². The van der Waals surface area contributed by atoms with E-state index < -0.39 is 5.60 Å². The second-order valence-corrected chi connectivity index (χ2v) is 6.76. The zero-order chi connectivity index (χ0) is 21.3. The van der Waals surface area contributed by atoms with Crippen LogP contribution in [0.25, 0.3) is 16.9 Å². The van der Waals surface area contributed by atoms with Crippen LogP contribution in [0.3, 0.4) is 0 Å². The molecule has 1 aromatic carbocycles. The first-order valence-electron chi connectivity index (χ1n) is 9.17. The summed E-state index contributed by atoms with van der Waals surface area (Å²) in [5.74, 6) is 1.11. The summed E-state index contributed by atoms with van der Waals surface area (Å²) in [7, 11) is 1.59. The van der Waals surface area contributed by atoms with Gasteiger partial charge in [0.2, 0.25) is 17.7 Å². The van der Waals surface area contributed by atoms with E-state index in [9.17, 15) is 5.11 Å². The first-order valence-corrected chi connectivity index (χ1v) is 9.17. The van der Waals surface area contributed by atoms with Gasteiger partial charge in [0.05, 0.1) is 17.6 Å². The molecule has 0 saturated carbocycles. The predicted octanol–water partition coefficient (Wildman–Crippen LogP) is 1.37. The van der Waals surface area contributed by atoms with E-state index in [0.29, 0.717) is 47.5 Å². The molecule has 11 nitrogen and oxygen atoms in total. The number of ether oxygens (including phenoxy) is 2. The number of aliphatic hydroxyl groups is 1. The molecule has 30 heavy (non-hydrogen) atoms. The van der Waals surface area contributed by atoms with Crippen LogP contribution in [0.2, 0.25) is 0 Å². The fraction of sp³-hybridized carbons (Fsp3) is 0.316. The number of rotatable bonds is 7. The van der Waals surface area contributed by atoms with Crippen LogP contribution in [0.15, 0.2) is 35.0 Å². The van der Waals surface area contributed by atoms with E-state index in [1.165, 1.54) is 0 Å². The molecule has 0 amide bonds. The molecular weight excluding hydrogens is 390 g/mol. The van der Waals surface area contributed by atoms with Crippen molar-refractivity contribution in [3.8, 4) is 11.8 Å². The Morgan fingerprint density at radius 2 is 2.03 bits per heavy atom. The fourth-order valence-electron chi connectivity index (χ4n) is 3.00. The first-order chi connectivity index (χ1) is 14.4. The molecule has 0 bridgehead atoms. The standard InChI is InChI=1S/C19H21N7O4/c1-11-22-16(25-30-11)19(2,27)12-4-5-13-14(10-12)26(15-6-7-21-17(20)24-15)18(23-13)29-9-8-28-3/h4-7,10,27H,8-9H2,1-3H3,(H2,20,21,24)/t19-/m1/s1. The Labute approximate surface area is 171 Å². The number of methoxy groups -OCH3 is 1. The zero-order valence-electron chi connectivity index (χ0n) is 16.7. The highest BCUT2D eigenvalue weighted by Crippen LogP contribution is 2.32. The van der Waals surface area contributed by atoms with Crippen molar-refractivity contribution in [2.75, 3.05) is 26.1 Å². The molecule has 0 spiro atoms. The summed E-state index contributed by atoms with van der Waals surface area (Å²) in [5, 5.41) is 15.0. The van der Waals surface area contributed by atoms with Gasteiger partial charge in [-0.2, -0.15) is 15.0 Å². The highest BCUT2D eigenvalue weighted by Gasteiger charge is 2.32. The Balaban J connectivity index is 1.87. The van der Waals surface area contributed by atoms with Gasteiger partial charge in [-0.1, -0.05) is 11.2 Å². The summed E-state index contributed by atoms with van der Waals surface area (Å²) in [6, 6.07) is 7.30. The minimum absolute atomic E-state index is 0.114. The lowest BCUT2D eigenvalue weighted by Gasteiger charge is -2.20. The zero-order valence-corrected chi connectivity index (χ0v) is 16.7. The minimum atomic E-state index is -1.48. The van der Waals surface area contributed by atoms with Gasteiger partial charge >= 0.3 is 6.01 Å². The highest BCUT2D eigenvalue weighted by atomic mass is 16.5. The van der Waals surface area contributed by atoms with Crippen molar-refractivity contribution >= 4 is 17.0 Å². The average molecular weight is 411 g/mol. The van der Waals surface area contributed by atoms with Crippen molar-refractivity contribution < 1.29 is 19.1 Å². The first kappa shape index (κ1) is 19.7. The normalized spacial score (nSPS) is 13.5. The SMILES string of the molecule is COCCOc1nc2ccc([C@@](C)(O)c3noc(C)n3)cc2n1-c1ccnc(N)n1. The monoisotopic (exact) mass is 411 g/mol. The molecule has 156 valence electrons. The molecule has 0 aliphatic heterocycles. The Kier molecular flexibility index (Phi) is 5.06. The van der Waals surface area contributed by atoms with Crippen molar-refractivity contribution in [2.45, 2.75) is 19.4 Å². The third-order valence-corrected chi connectivity index (χ3v) is 4.56. The smallest absolute Gasteiger partial charge is 0.303 e. The number of imidazole rings is 1. The van der Waals surface area contributed by atoms with E-state index >= 15 is 0 Å². The highest BCUT2D eigenvalue weighted by molar-refractivity contribution is 5.80. The molecule has 11 heteroatoms. The van der Waals surface area contributed by atoms with Gasteiger partial charge in [0, 0.05) is 26.3 Å². The number of hydrogen-bond acceptors (Lipinski definition) is 10. The van der Waals surface area contributed by atoms with Crippen molar-refractivity contribution in [2.24, 2.45) is 0 Å². The summed E-state index contributed by atoms with van der Waals surface area (Å²) in [6.45, 7) is 3.95. The van der Waals surface area contributed by atoms with Gasteiger partial charge in [0.15, 0.2) is 0 Å². The maximum Gasteiger partial charge on any atom is 0.303 e. The van der Waals surface area contributed by atoms with Gasteiger partial charge < -0.3 is 24.8 Å². The second kappa shape index (κ2) is 7.69. The summed E-state index contributed by atoms with van der Waals surface area (Å²) in [6.07, 6.45) is 1.55. The minimum Gasteiger partial charge on any atom is -0.462 e. The van der Waals surface area contributed by atoms with Gasteiger partial charge in [-0.25, -0.2) is 9.55 Å². The molecule has 0 saturated heterocycles. The van der Waals surface area contributed by atoms with E-state index in [-0.39, 0.29) is 11.8 Å². The Morgan fingerprint density at radius 1 is 1.20 bits per heavy atom. The van der Waals surface area contributed by atoms with Crippen LogP contribution in [-0.2, 0) is 10.3 Å². The number of nitrogen functional groups attached to an aromatic ring is 1. The lowest BCUT2D eigenvalue weighted by atomic mass is 9.95. The van der Waals surface area contributed by atoms with Crippen LogP contribution in [0.4, 0.5) is 5.95 Å². The number of aryl methyl sites for hydroxylation is 1. The van der Waals surface area contributed by atoms with Crippen molar-refractivity contribution in [3.05, 3.63) is 47.7 Å². The van der Waals surface area contributed by atoms with Crippen molar-refractivity contribution in [1.82, 2.24) is 29.7 Å². The van der Waals surface area contributed by atoms with Crippen LogP contribution in [0.1, 0.15) is 24.2 Å². The van der Waals surface area contributed by atoms with Crippen LogP contribution in [0.5, 0.6) is 6.01 Å². The number of anilines is 1. The quantitative estimate of drug-likeness (QED) is 0.427. The summed E-state index contributed by atoms with van der Waals surface area (Å²) in [5.41, 5.74) is 6.13. The topological polar surface area (TPSA) is 147 Å². The van der Waals surface area contributed by atoms with Crippen molar-refractivity contribution in [3.63, 3.8) is 0 Å². The van der Waals surface area contributed by atoms with E-state index in [2.05, 4.69) is 25.1 Å². The maximum absolute atomic E-state index is 11.1. The number of nitrogens with two attached hydrogens (primary N) is 1. The molecule has 4 rings (SSSR count). The summed E-state index contributed by atoms with van der Waals surface area (Å²) >= 11 is 0. The second-order valence-electron chi connectivity index (χ2n) is 6.76.